The van der Waals surface area contributed by atoms with Crippen LogP contribution in [0.3, 0.4) is 0 Å². The molecule has 1 aromatic carbocycles. The van der Waals surface area contributed by atoms with Crippen molar-refractivity contribution < 1.29 is 5.11 Å². The van der Waals surface area contributed by atoms with E-state index in [0.717, 1.165) is 11.4 Å². The lowest BCUT2D eigenvalue weighted by Gasteiger charge is -2.31. The molecule has 5 heteroatoms. The van der Waals surface area contributed by atoms with Crippen LogP contribution in [0.1, 0.15) is 36.8 Å². The summed E-state index contributed by atoms with van der Waals surface area (Å²) in [5, 5.41) is 14.2. The molecule has 1 unspecified atom stereocenters. The number of nitrogens with two attached hydrogens (primary N) is 1. The Morgan fingerprint density at radius 1 is 1.29 bits per heavy atom. The number of rotatable bonds is 6. The van der Waals surface area contributed by atoms with Crippen LogP contribution in [0.4, 0.5) is 0 Å². The van der Waals surface area contributed by atoms with Gasteiger partial charge in [-0.25, -0.2) is 9.67 Å². The number of aliphatic hydroxyl groups is 1. The van der Waals surface area contributed by atoms with E-state index in [4.69, 9.17) is 5.73 Å². The third-order valence-corrected chi connectivity index (χ3v) is 3.99. The van der Waals surface area contributed by atoms with Crippen molar-refractivity contribution in [2.75, 3.05) is 13.2 Å². The Hall–Kier alpha value is -1.72. The maximum absolute atomic E-state index is 9.99. The third kappa shape index (κ3) is 3.14. The summed E-state index contributed by atoms with van der Waals surface area (Å²) in [5.74, 6) is 0.852. The van der Waals surface area contributed by atoms with Crippen LogP contribution in [0.2, 0.25) is 0 Å². The number of aromatic nitrogens is 3. The topological polar surface area (TPSA) is 77.0 Å². The molecule has 3 N–H and O–H groups in total. The molecule has 0 radical (unpaired) electrons. The summed E-state index contributed by atoms with van der Waals surface area (Å²) in [6.07, 6.45) is 2.13. The minimum Gasteiger partial charge on any atom is -0.395 e. The predicted molar refractivity (Wildman–Crippen MR) is 83.1 cm³/mol. The molecule has 0 fully saturated rings. The Balaban J connectivity index is 2.38. The van der Waals surface area contributed by atoms with Gasteiger partial charge in [-0.2, -0.15) is 5.10 Å². The molecule has 21 heavy (non-hydrogen) atoms. The smallest absolute Gasteiger partial charge is 0.138 e. The fraction of sp³-hybridized carbons (Fsp3) is 0.500. The van der Waals surface area contributed by atoms with E-state index in [-0.39, 0.29) is 12.6 Å². The zero-order valence-corrected chi connectivity index (χ0v) is 13.0. The first kappa shape index (κ1) is 15.7. The summed E-state index contributed by atoms with van der Waals surface area (Å²) in [7, 11) is 0. The van der Waals surface area contributed by atoms with Gasteiger partial charge in [0.1, 0.15) is 12.2 Å². The van der Waals surface area contributed by atoms with Crippen LogP contribution in [-0.4, -0.2) is 33.0 Å². The highest BCUT2D eigenvalue weighted by Crippen LogP contribution is 2.27. The first-order valence-corrected chi connectivity index (χ1v) is 7.29. The van der Waals surface area contributed by atoms with Gasteiger partial charge in [0.25, 0.3) is 0 Å². The third-order valence-electron chi connectivity index (χ3n) is 3.99. The molecule has 0 amide bonds. The molecule has 1 heterocycles. The fourth-order valence-corrected chi connectivity index (χ4v) is 2.55. The highest BCUT2D eigenvalue weighted by molar-refractivity contribution is 5.30. The van der Waals surface area contributed by atoms with E-state index < -0.39 is 5.41 Å². The molecule has 1 aromatic heterocycles. The molecule has 2 rings (SSSR count). The van der Waals surface area contributed by atoms with Gasteiger partial charge >= 0.3 is 0 Å². The number of aryl methyl sites for hydroxylation is 1. The maximum Gasteiger partial charge on any atom is 0.138 e. The monoisotopic (exact) mass is 288 g/mol. The average molecular weight is 288 g/mol. The molecule has 1 atom stereocenters. The Kier molecular flexibility index (Phi) is 4.75. The fourth-order valence-electron chi connectivity index (χ4n) is 2.55. The lowest BCUT2D eigenvalue weighted by atomic mass is 9.77. The van der Waals surface area contributed by atoms with Crippen molar-refractivity contribution in [3.8, 4) is 0 Å². The normalized spacial score (nSPS) is 14.4. The molecule has 0 saturated heterocycles. The molecule has 0 spiro atoms. The van der Waals surface area contributed by atoms with Crippen molar-refractivity contribution in [1.82, 2.24) is 14.8 Å². The molecule has 114 valence electrons. The Bertz CT molecular complexity index is 570. The molecule has 0 aliphatic rings. The van der Waals surface area contributed by atoms with Gasteiger partial charge in [0.2, 0.25) is 0 Å². The Morgan fingerprint density at radius 3 is 2.48 bits per heavy atom. The van der Waals surface area contributed by atoms with E-state index in [0.29, 0.717) is 13.0 Å². The molecule has 0 aliphatic heterocycles. The molecule has 5 nitrogen and oxygen atoms in total. The van der Waals surface area contributed by atoms with Gasteiger partial charge in [-0.3, -0.25) is 0 Å². The van der Waals surface area contributed by atoms with Crippen LogP contribution in [0, 0.1) is 6.92 Å². The van der Waals surface area contributed by atoms with Crippen molar-refractivity contribution in [1.29, 1.82) is 0 Å². The van der Waals surface area contributed by atoms with Gasteiger partial charge in [0.15, 0.2) is 0 Å². The molecular formula is C16H24N4O. The van der Waals surface area contributed by atoms with Gasteiger partial charge in [0, 0.05) is 24.4 Å². The number of aliphatic hydroxyl groups excluding tert-OH is 1. The van der Waals surface area contributed by atoms with Gasteiger partial charge in [0.05, 0.1) is 6.61 Å². The quantitative estimate of drug-likeness (QED) is 0.846. The van der Waals surface area contributed by atoms with Gasteiger partial charge in [-0.05, 0) is 26.3 Å². The predicted octanol–water partition coefficient (Wildman–Crippen LogP) is 1.60. The zero-order chi connectivity index (χ0) is 15.5. The van der Waals surface area contributed by atoms with Crippen LogP contribution in [0.25, 0.3) is 0 Å². The van der Waals surface area contributed by atoms with Crippen molar-refractivity contribution in [3.63, 3.8) is 0 Å². The Morgan fingerprint density at radius 2 is 1.95 bits per heavy atom. The van der Waals surface area contributed by atoms with Crippen LogP contribution >= 0.6 is 0 Å². The second-order valence-corrected chi connectivity index (χ2v) is 5.90. The van der Waals surface area contributed by atoms with Crippen LogP contribution < -0.4 is 5.73 Å². The minimum atomic E-state index is -0.520. The van der Waals surface area contributed by atoms with E-state index in [9.17, 15) is 5.11 Å². The summed E-state index contributed by atoms with van der Waals surface area (Å²) in [4.78, 5) is 4.35. The number of benzene rings is 1. The molecular weight excluding hydrogens is 264 g/mol. The standard InChI is InChI=1S/C16H24N4O/c1-12(2)20-15(18-11-19-20)8-16(9-17,10-21)14-6-4-13(3)5-7-14/h4-7,11-12,21H,8-10,17H2,1-3H3. The lowest BCUT2D eigenvalue weighted by Crippen LogP contribution is -2.41. The average Bonchev–Trinajstić information content (AvgIpc) is 2.94. The Labute approximate surface area is 125 Å². The first-order valence-electron chi connectivity index (χ1n) is 7.29. The van der Waals surface area contributed by atoms with Crippen molar-refractivity contribution >= 4 is 0 Å². The minimum absolute atomic E-state index is 0.0164. The van der Waals surface area contributed by atoms with Crippen molar-refractivity contribution in [3.05, 3.63) is 47.5 Å². The van der Waals surface area contributed by atoms with Crippen molar-refractivity contribution in [2.45, 2.75) is 38.6 Å². The second-order valence-electron chi connectivity index (χ2n) is 5.90. The SMILES string of the molecule is Cc1ccc(C(CN)(CO)Cc2ncnn2C(C)C)cc1. The van der Waals surface area contributed by atoms with E-state index in [1.165, 1.54) is 5.56 Å². The number of hydrogen-bond donors (Lipinski definition) is 2. The number of nitrogens with zero attached hydrogens (tertiary/aromatic N) is 3. The van der Waals surface area contributed by atoms with E-state index >= 15 is 0 Å². The molecule has 0 saturated carbocycles. The summed E-state index contributed by atoms with van der Waals surface area (Å²) >= 11 is 0. The van der Waals surface area contributed by atoms with Crippen LogP contribution in [-0.2, 0) is 11.8 Å². The van der Waals surface area contributed by atoms with Crippen molar-refractivity contribution in [2.24, 2.45) is 5.73 Å². The highest BCUT2D eigenvalue weighted by Gasteiger charge is 2.32. The van der Waals surface area contributed by atoms with E-state index in [1.54, 1.807) is 6.33 Å². The van der Waals surface area contributed by atoms with Crippen LogP contribution in [0.15, 0.2) is 30.6 Å². The second kappa shape index (κ2) is 6.37. The largest absolute Gasteiger partial charge is 0.395 e. The lowest BCUT2D eigenvalue weighted by molar-refractivity contribution is 0.192. The first-order chi connectivity index (χ1) is 10.0. The summed E-state index contributed by atoms with van der Waals surface area (Å²) < 4.78 is 1.88. The highest BCUT2D eigenvalue weighted by atomic mass is 16.3. The zero-order valence-electron chi connectivity index (χ0n) is 13.0. The van der Waals surface area contributed by atoms with E-state index in [2.05, 4.69) is 23.9 Å². The molecule has 0 bridgehead atoms. The molecule has 2 aromatic rings. The van der Waals surface area contributed by atoms with E-state index in [1.807, 2.05) is 35.9 Å². The maximum atomic E-state index is 9.99. The van der Waals surface area contributed by atoms with Gasteiger partial charge < -0.3 is 10.8 Å². The van der Waals surface area contributed by atoms with Gasteiger partial charge in [-0.15, -0.1) is 0 Å². The molecule has 0 aliphatic carbocycles. The summed E-state index contributed by atoms with van der Waals surface area (Å²) in [6, 6.07) is 8.39. The number of hydrogen-bond acceptors (Lipinski definition) is 4. The summed E-state index contributed by atoms with van der Waals surface area (Å²) in [6.45, 7) is 6.51. The summed E-state index contributed by atoms with van der Waals surface area (Å²) in [5.41, 5.74) is 7.72. The van der Waals surface area contributed by atoms with Gasteiger partial charge in [-0.1, -0.05) is 29.8 Å². The van der Waals surface area contributed by atoms with Crippen LogP contribution in [0.5, 0.6) is 0 Å².